The van der Waals surface area contributed by atoms with E-state index in [9.17, 15) is 0 Å². The van der Waals surface area contributed by atoms with Crippen LogP contribution in [0.4, 0.5) is 0 Å². The first kappa shape index (κ1) is 9.74. The first-order valence-electron chi connectivity index (χ1n) is 4.07. The summed E-state index contributed by atoms with van der Waals surface area (Å²) in [4.78, 5) is 4.12. The SMILES string of the molecule is C=Cn1ccc(COC)c/c1=N/C. The molecule has 1 aromatic rings. The van der Waals surface area contributed by atoms with Gasteiger partial charge in [-0.25, -0.2) is 0 Å². The van der Waals surface area contributed by atoms with Gasteiger partial charge in [0.1, 0.15) is 5.49 Å². The molecule has 1 aromatic heterocycles. The Bertz CT molecular complexity index is 352. The molecule has 0 radical (unpaired) electrons. The van der Waals surface area contributed by atoms with Crippen molar-refractivity contribution >= 4 is 6.20 Å². The molecule has 0 amide bonds. The molecule has 0 aliphatic rings. The van der Waals surface area contributed by atoms with E-state index in [0.717, 1.165) is 11.1 Å². The second-order valence-corrected chi connectivity index (χ2v) is 2.64. The van der Waals surface area contributed by atoms with Crippen LogP contribution in [0.15, 0.2) is 29.9 Å². The van der Waals surface area contributed by atoms with Crippen molar-refractivity contribution in [2.24, 2.45) is 4.99 Å². The minimum atomic E-state index is 0.612. The van der Waals surface area contributed by atoms with E-state index in [1.165, 1.54) is 0 Å². The van der Waals surface area contributed by atoms with E-state index in [4.69, 9.17) is 4.74 Å². The van der Waals surface area contributed by atoms with Gasteiger partial charge in [0.25, 0.3) is 0 Å². The van der Waals surface area contributed by atoms with E-state index in [-0.39, 0.29) is 0 Å². The van der Waals surface area contributed by atoms with Gasteiger partial charge < -0.3 is 9.30 Å². The van der Waals surface area contributed by atoms with Crippen LogP contribution >= 0.6 is 0 Å². The van der Waals surface area contributed by atoms with Gasteiger partial charge in [-0.2, -0.15) is 0 Å². The van der Waals surface area contributed by atoms with Crippen LogP contribution in [-0.2, 0) is 11.3 Å². The van der Waals surface area contributed by atoms with Crippen LogP contribution < -0.4 is 5.49 Å². The molecule has 0 saturated heterocycles. The molecule has 70 valence electrons. The standard InChI is InChI=1S/C10H14N2O/c1-4-12-6-5-9(8-13-3)7-10(12)11-2/h4-7H,1,8H2,2-3H3/b11-10-. The van der Waals surface area contributed by atoms with Crippen LogP contribution in [0, 0.1) is 0 Å². The monoisotopic (exact) mass is 178 g/mol. The van der Waals surface area contributed by atoms with Gasteiger partial charge in [0.05, 0.1) is 6.61 Å². The first-order valence-corrected chi connectivity index (χ1v) is 4.07. The summed E-state index contributed by atoms with van der Waals surface area (Å²) < 4.78 is 6.88. The second kappa shape index (κ2) is 4.62. The lowest BCUT2D eigenvalue weighted by Crippen LogP contribution is -2.16. The summed E-state index contributed by atoms with van der Waals surface area (Å²) in [5.74, 6) is 0. The van der Waals surface area contributed by atoms with Gasteiger partial charge in [-0.1, -0.05) is 6.58 Å². The summed E-state index contributed by atoms with van der Waals surface area (Å²) in [6, 6.07) is 3.96. The van der Waals surface area contributed by atoms with Crippen LogP contribution in [0.1, 0.15) is 5.56 Å². The summed E-state index contributed by atoms with van der Waals surface area (Å²) in [7, 11) is 3.43. The number of ether oxygens (including phenoxy) is 1. The zero-order valence-corrected chi connectivity index (χ0v) is 8.03. The molecule has 0 aromatic carbocycles. The van der Waals surface area contributed by atoms with Crippen molar-refractivity contribution in [3.63, 3.8) is 0 Å². The maximum absolute atomic E-state index is 5.02. The number of nitrogens with zero attached hydrogens (tertiary/aromatic N) is 2. The molecule has 3 nitrogen and oxygen atoms in total. The summed E-state index contributed by atoms with van der Waals surface area (Å²) in [6.07, 6.45) is 3.64. The maximum Gasteiger partial charge on any atom is 0.131 e. The summed E-state index contributed by atoms with van der Waals surface area (Å²) in [5.41, 5.74) is 1.99. The molecule has 3 heteroatoms. The van der Waals surface area contributed by atoms with Gasteiger partial charge in [0, 0.05) is 26.6 Å². The van der Waals surface area contributed by atoms with E-state index in [2.05, 4.69) is 11.6 Å². The van der Waals surface area contributed by atoms with Crippen LogP contribution in [0.25, 0.3) is 6.20 Å². The molecule has 1 rings (SSSR count). The molecule has 0 N–H and O–H groups in total. The van der Waals surface area contributed by atoms with E-state index in [1.54, 1.807) is 20.4 Å². The summed E-state index contributed by atoms with van der Waals surface area (Å²) in [5, 5.41) is 0. The predicted octanol–water partition coefficient (Wildman–Crippen LogP) is 1.27. The minimum Gasteiger partial charge on any atom is -0.380 e. The minimum absolute atomic E-state index is 0.612. The molecule has 0 bridgehead atoms. The van der Waals surface area contributed by atoms with Crippen LogP contribution in [0.5, 0.6) is 0 Å². The lowest BCUT2D eigenvalue weighted by Gasteiger charge is -2.03. The Morgan fingerprint density at radius 3 is 3.00 bits per heavy atom. The Labute approximate surface area is 78.0 Å². The highest BCUT2D eigenvalue weighted by molar-refractivity contribution is 5.20. The third-order valence-corrected chi connectivity index (χ3v) is 1.77. The number of aromatic nitrogens is 1. The summed E-state index contributed by atoms with van der Waals surface area (Å²) in [6.45, 7) is 4.30. The number of rotatable bonds is 3. The van der Waals surface area contributed by atoms with Crippen molar-refractivity contribution in [3.8, 4) is 0 Å². The molecule has 0 unspecified atom stereocenters. The second-order valence-electron chi connectivity index (χ2n) is 2.64. The Hall–Kier alpha value is -1.35. The van der Waals surface area contributed by atoms with Gasteiger partial charge in [0.15, 0.2) is 0 Å². The van der Waals surface area contributed by atoms with E-state index < -0.39 is 0 Å². The van der Waals surface area contributed by atoms with Crippen molar-refractivity contribution in [2.45, 2.75) is 6.61 Å². The lowest BCUT2D eigenvalue weighted by molar-refractivity contribution is 0.184. The molecule has 0 aliphatic carbocycles. The maximum atomic E-state index is 5.02. The predicted molar refractivity (Wildman–Crippen MR) is 53.0 cm³/mol. The van der Waals surface area contributed by atoms with Crippen LogP contribution in [-0.4, -0.2) is 18.7 Å². The van der Waals surface area contributed by atoms with E-state index >= 15 is 0 Å². The van der Waals surface area contributed by atoms with Gasteiger partial charge in [-0.3, -0.25) is 4.99 Å². The van der Waals surface area contributed by atoms with Crippen molar-refractivity contribution < 1.29 is 4.74 Å². The van der Waals surface area contributed by atoms with Crippen molar-refractivity contribution in [1.82, 2.24) is 4.57 Å². The van der Waals surface area contributed by atoms with Crippen LogP contribution in [0.3, 0.4) is 0 Å². The molecule has 0 atom stereocenters. The van der Waals surface area contributed by atoms with E-state index in [0.29, 0.717) is 6.61 Å². The normalized spacial score (nSPS) is 11.7. The third-order valence-electron chi connectivity index (χ3n) is 1.77. The first-order chi connectivity index (χ1) is 6.31. The smallest absolute Gasteiger partial charge is 0.131 e. The molecule has 0 spiro atoms. The average Bonchev–Trinajstić information content (AvgIpc) is 2.18. The highest BCUT2D eigenvalue weighted by Crippen LogP contribution is 1.96. The highest BCUT2D eigenvalue weighted by Gasteiger charge is 1.93. The fourth-order valence-corrected chi connectivity index (χ4v) is 1.13. The van der Waals surface area contributed by atoms with E-state index in [1.807, 2.05) is 22.9 Å². The van der Waals surface area contributed by atoms with Crippen molar-refractivity contribution in [2.75, 3.05) is 14.2 Å². The Morgan fingerprint density at radius 1 is 1.69 bits per heavy atom. The van der Waals surface area contributed by atoms with Gasteiger partial charge in [-0.05, 0) is 17.7 Å². The molecular formula is C10H14N2O. The number of methoxy groups -OCH3 is 1. The number of pyridine rings is 1. The zero-order valence-electron chi connectivity index (χ0n) is 8.03. The fraction of sp³-hybridized carbons (Fsp3) is 0.300. The fourth-order valence-electron chi connectivity index (χ4n) is 1.13. The topological polar surface area (TPSA) is 26.5 Å². The molecule has 0 fully saturated rings. The largest absolute Gasteiger partial charge is 0.380 e. The quantitative estimate of drug-likeness (QED) is 0.684. The summed E-state index contributed by atoms with van der Waals surface area (Å²) >= 11 is 0. The third kappa shape index (κ3) is 2.29. The molecule has 13 heavy (non-hydrogen) atoms. The van der Waals surface area contributed by atoms with Gasteiger partial charge in [-0.15, -0.1) is 0 Å². The number of hydrogen-bond donors (Lipinski definition) is 0. The number of hydrogen-bond acceptors (Lipinski definition) is 2. The molecule has 0 aliphatic heterocycles. The van der Waals surface area contributed by atoms with Crippen molar-refractivity contribution in [1.29, 1.82) is 0 Å². The Morgan fingerprint density at radius 2 is 2.46 bits per heavy atom. The molecular weight excluding hydrogens is 164 g/mol. The van der Waals surface area contributed by atoms with Gasteiger partial charge in [0.2, 0.25) is 0 Å². The zero-order chi connectivity index (χ0) is 9.68. The molecule has 0 saturated carbocycles. The van der Waals surface area contributed by atoms with Gasteiger partial charge >= 0.3 is 0 Å². The lowest BCUT2D eigenvalue weighted by atomic mass is 10.3. The Balaban J connectivity index is 3.14. The van der Waals surface area contributed by atoms with Crippen LogP contribution in [0.2, 0.25) is 0 Å². The Kier molecular flexibility index (Phi) is 3.46. The average molecular weight is 178 g/mol. The molecule has 1 heterocycles. The highest BCUT2D eigenvalue weighted by atomic mass is 16.5. The van der Waals surface area contributed by atoms with Crippen molar-refractivity contribution in [3.05, 3.63) is 36.0 Å².